The SMILES string of the molecule is CCCC(=N)CCNC(=O)CC[C@H](N)C(=O)O. The molecule has 5 N–H and O–H groups in total. The zero-order chi connectivity index (χ0) is 13.3. The van der Waals surface area contributed by atoms with E-state index in [1.54, 1.807) is 0 Å². The second-order valence-corrected chi connectivity index (χ2v) is 3.94. The summed E-state index contributed by atoms with van der Waals surface area (Å²) in [6.45, 7) is 2.43. The monoisotopic (exact) mass is 243 g/mol. The molecule has 98 valence electrons. The van der Waals surface area contributed by atoms with Gasteiger partial charge in [0.05, 0.1) is 0 Å². The highest BCUT2D eigenvalue weighted by Crippen LogP contribution is 1.96. The van der Waals surface area contributed by atoms with E-state index < -0.39 is 12.0 Å². The number of aliphatic carboxylic acids is 1. The second kappa shape index (κ2) is 8.69. The van der Waals surface area contributed by atoms with Crippen LogP contribution < -0.4 is 11.1 Å². The van der Waals surface area contributed by atoms with Crippen LogP contribution in [0.25, 0.3) is 0 Å². The lowest BCUT2D eigenvalue weighted by Gasteiger charge is -2.07. The normalized spacial score (nSPS) is 11.9. The largest absolute Gasteiger partial charge is 0.480 e. The lowest BCUT2D eigenvalue weighted by molar-refractivity contribution is -0.138. The molecule has 17 heavy (non-hydrogen) atoms. The summed E-state index contributed by atoms with van der Waals surface area (Å²) in [5.41, 5.74) is 5.89. The molecule has 0 aromatic carbocycles. The summed E-state index contributed by atoms with van der Waals surface area (Å²) in [4.78, 5) is 21.7. The Kier molecular flexibility index (Phi) is 7.96. The van der Waals surface area contributed by atoms with Crippen molar-refractivity contribution >= 4 is 17.6 Å². The predicted molar refractivity (Wildman–Crippen MR) is 65.1 cm³/mol. The molecule has 0 saturated carbocycles. The molecule has 0 bridgehead atoms. The van der Waals surface area contributed by atoms with E-state index in [9.17, 15) is 9.59 Å². The van der Waals surface area contributed by atoms with Crippen LogP contribution in [0.4, 0.5) is 0 Å². The van der Waals surface area contributed by atoms with Crippen LogP contribution in [0, 0.1) is 5.41 Å². The van der Waals surface area contributed by atoms with Crippen LogP contribution in [0.2, 0.25) is 0 Å². The molecule has 0 spiro atoms. The number of carbonyl (C=O) groups is 2. The molecule has 6 nitrogen and oxygen atoms in total. The molecule has 1 amide bonds. The molecule has 0 aromatic rings. The van der Waals surface area contributed by atoms with Gasteiger partial charge in [-0.25, -0.2) is 0 Å². The molecule has 0 unspecified atom stereocenters. The van der Waals surface area contributed by atoms with Crippen LogP contribution in [0.1, 0.15) is 39.0 Å². The molecule has 0 fully saturated rings. The molecule has 0 aliphatic rings. The highest BCUT2D eigenvalue weighted by Gasteiger charge is 2.13. The minimum Gasteiger partial charge on any atom is -0.480 e. The van der Waals surface area contributed by atoms with Crippen molar-refractivity contribution in [2.75, 3.05) is 6.54 Å². The Morgan fingerprint density at radius 1 is 1.35 bits per heavy atom. The Morgan fingerprint density at radius 2 is 2.00 bits per heavy atom. The molecular weight excluding hydrogens is 222 g/mol. The summed E-state index contributed by atoms with van der Waals surface area (Å²) in [7, 11) is 0. The Morgan fingerprint density at radius 3 is 2.53 bits per heavy atom. The second-order valence-electron chi connectivity index (χ2n) is 3.94. The van der Waals surface area contributed by atoms with Crippen LogP contribution in [0.5, 0.6) is 0 Å². The van der Waals surface area contributed by atoms with Crippen molar-refractivity contribution in [2.45, 2.75) is 45.1 Å². The van der Waals surface area contributed by atoms with E-state index in [1.807, 2.05) is 6.92 Å². The number of nitrogens with one attached hydrogen (secondary N) is 2. The minimum atomic E-state index is -1.09. The first-order valence-corrected chi connectivity index (χ1v) is 5.78. The zero-order valence-corrected chi connectivity index (χ0v) is 10.2. The van der Waals surface area contributed by atoms with Gasteiger partial charge in [0.25, 0.3) is 0 Å². The van der Waals surface area contributed by atoms with Gasteiger partial charge in [-0.3, -0.25) is 9.59 Å². The summed E-state index contributed by atoms with van der Waals surface area (Å²) in [6.07, 6.45) is 2.46. The van der Waals surface area contributed by atoms with Gasteiger partial charge in [0, 0.05) is 25.1 Å². The molecule has 0 heterocycles. The Bertz CT molecular complexity index is 279. The summed E-state index contributed by atoms with van der Waals surface area (Å²) >= 11 is 0. The number of carboxylic acids is 1. The molecule has 0 saturated heterocycles. The topological polar surface area (TPSA) is 116 Å². The number of amides is 1. The highest BCUT2D eigenvalue weighted by atomic mass is 16.4. The van der Waals surface area contributed by atoms with E-state index in [0.29, 0.717) is 18.7 Å². The maximum absolute atomic E-state index is 11.3. The molecular formula is C11H21N3O3. The van der Waals surface area contributed by atoms with Gasteiger partial charge < -0.3 is 21.6 Å². The first kappa shape index (κ1) is 15.6. The van der Waals surface area contributed by atoms with E-state index in [-0.39, 0.29) is 18.7 Å². The van der Waals surface area contributed by atoms with E-state index in [1.165, 1.54) is 0 Å². The average Bonchev–Trinajstić information content (AvgIpc) is 2.26. The van der Waals surface area contributed by atoms with E-state index in [2.05, 4.69) is 5.32 Å². The van der Waals surface area contributed by atoms with Gasteiger partial charge in [-0.1, -0.05) is 13.3 Å². The predicted octanol–water partition coefficient (Wildman–Crippen LogP) is 0.505. The fourth-order valence-corrected chi connectivity index (χ4v) is 1.28. The first-order valence-electron chi connectivity index (χ1n) is 5.78. The quantitative estimate of drug-likeness (QED) is 0.441. The Hall–Kier alpha value is -1.43. The minimum absolute atomic E-state index is 0.106. The van der Waals surface area contributed by atoms with Gasteiger partial charge in [-0.05, 0) is 12.8 Å². The van der Waals surface area contributed by atoms with Crippen LogP contribution in [-0.2, 0) is 9.59 Å². The number of hydrogen-bond acceptors (Lipinski definition) is 4. The third-order valence-electron chi connectivity index (χ3n) is 2.30. The zero-order valence-electron chi connectivity index (χ0n) is 10.2. The Labute approximate surface area is 101 Å². The molecule has 0 radical (unpaired) electrons. The van der Waals surface area contributed by atoms with Crippen LogP contribution in [0.3, 0.4) is 0 Å². The maximum Gasteiger partial charge on any atom is 0.320 e. The van der Waals surface area contributed by atoms with Crippen molar-refractivity contribution in [1.82, 2.24) is 5.32 Å². The Balaban J connectivity index is 3.60. The molecule has 0 aliphatic heterocycles. The van der Waals surface area contributed by atoms with Gasteiger partial charge in [0.2, 0.25) is 5.91 Å². The number of rotatable bonds is 9. The summed E-state index contributed by atoms with van der Waals surface area (Å²) in [5, 5.41) is 18.7. The third-order valence-corrected chi connectivity index (χ3v) is 2.30. The summed E-state index contributed by atoms with van der Waals surface area (Å²) < 4.78 is 0. The maximum atomic E-state index is 11.3. The highest BCUT2D eigenvalue weighted by molar-refractivity contribution is 5.82. The van der Waals surface area contributed by atoms with Crippen molar-refractivity contribution in [3.63, 3.8) is 0 Å². The number of carboxylic acid groups (broad SMARTS) is 1. The molecule has 1 atom stereocenters. The molecule has 0 aliphatic carbocycles. The third kappa shape index (κ3) is 8.38. The van der Waals surface area contributed by atoms with Gasteiger partial charge in [0.15, 0.2) is 0 Å². The van der Waals surface area contributed by atoms with Crippen molar-refractivity contribution in [1.29, 1.82) is 5.41 Å². The van der Waals surface area contributed by atoms with E-state index in [4.69, 9.17) is 16.2 Å². The van der Waals surface area contributed by atoms with Crippen molar-refractivity contribution < 1.29 is 14.7 Å². The van der Waals surface area contributed by atoms with Crippen molar-refractivity contribution in [2.24, 2.45) is 5.73 Å². The average molecular weight is 243 g/mol. The van der Waals surface area contributed by atoms with Crippen molar-refractivity contribution in [3.05, 3.63) is 0 Å². The van der Waals surface area contributed by atoms with Crippen LogP contribution in [0.15, 0.2) is 0 Å². The van der Waals surface area contributed by atoms with E-state index >= 15 is 0 Å². The van der Waals surface area contributed by atoms with Gasteiger partial charge in [-0.2, -0.15) is 0 Å². The fourth-order valence-electron chi connectivity index (χ4n) is 1.28. The summed E-state index contributed by atoms with van der Waals surface area (Å²) in [5.74, 6) is -1.31. The smallest absolute Gasteiger partial charge is 0.320 e. The summed E-state index contributed by atoms with van der Waals surface area (Å²) in [6, 6.07) is -0.987. The number of nitrogens with two attached hydrogens (primary N) is 1. The standard InChI is InChI=1S/C11H21N3O3/c1-2-3-8(12)6-7-14-10(15)5-4-9(13)11(16)17/h9,12H,2-7,13H2,1H3,(H,14,15)(H,16,17)/t9-/m0/s1. The molecule has 0 rings (SSSR count). The van der Waals surface area contributed by atoms with Crippen LogP contribution >= 0.6 is 0 Å². The number of carbonyl (C=O) groups excluding carboxylic acids is 1. The first-order chi connectivity index (χ1) is 7.97. The number of hydrogen-bond donors (Lipinski definition) is 4. The van der Waals surface area contributed by atoms with E-state index in [0.717, 1.165) is 12.8 Å². The van der Waals surface area contributed by atoms with Crippen LogP contribution in [-0.4, -0.2) is 35.3 Å². The van der Waals surface area contributed by atoms with Gasteiger partial charge in [-0.15, -0.1) is 0 Å². The van der Waals surface area contributed by atoms with Gasteiger partial charge >= 0.3 is 5.97 Å². The lowest BCUT2D eigenvalue weighted by Crippen LogP contribution is -2.33. The van der Waals surface area contributed by atoms with Gasteiger partial charge in [0.1, 0.15) is 6.04 Å². The molecule has 0 aromatic heterocycles. The molecule has 6 heteroatoms. The lowest BCUT2D eigenvalue weighted by atomic mass is 10.1. The fraction of sp³-hybridized carbons (Fsp3) is 0.727. The van der Waals surface area contributed by atoms with Crippen molar-refractivity contribution in [3.8, 4) is 0 Å².